The Morgan fingerprint density at radius 2 is 1.73 bits per heavy atom. The highest BCUT2D eigenvalue weighted by Gasteiger charge is 2.33. The summed E-state index contributed by atoms with van der Waals surface area (Å²) < 4.78 is 45.3. The number of sulfonamides is 1. The SMILES string of the molecule is O=C(Nc1cccc(NC(=O)C2CCCN(S(=O)(=O)c3ccc(F)cc3)C2)c1)c1ccco1. The monoisotopic (exact) mass is 471 g/mol. The van der Waals surface area contributed by atoms with Crippen LogP contribution in [0.3, 0.4) is 0 Å². The van der Waals surface area contributed by atoms with Gasteiger partial charge in [-0.05, 0) is 67.4 Å². The number of halogens is 1. The van der Waals surface area contributed by atoms with Crippen molar-refractivity contribution < 1.29 is 26.8 Å². The highest BCUT2D eigenvalue weighted by Crippen LogP contribution is 2.25. The molecule has 172 valence electrons. The van der Waals surface area contributed by atoms with E-state index in [0.29, 0.717) is 24.2 Å². The van der Waals surface area contributed by atoms with Gasteiger partial charge in [0.15, 0.2) is 5.76 Å². The Morgan fingerprint density at radius 3 is 2.42 bits per heavy atom. The number of hydrogen-bond acceptors (Lipinski definition) is 5. The quantitative estimate of drug-likeness (QED) is 0.570. The molecule has 0 bridgehead atoms. The summed E-state index contributed by atoms with van der Waals surface area (Å²) in [6.07, 6.45) is 2.46. The van der Waals surface area contributed by atoms with Gasteiger partial charge < -0.3 is 15.1 Å². The van der Waals surface area contributed by atoms with Gasteiger partial charge in [-0.2, -0.15) is 4.31 Å². The van der Waals surface area contributed by atoms with Gasteiger partial charge in [-0.15, -0.1) is 0 Å². The summed E-state index contributed by atoms with van der Waals surface area (Å²) in [4.78, 5) is 25.0. The van der Waals surface area contributed by atoms with Crippen LogP contribution in [-0.4, -0.2) is 37.6 Å². The van der Waals surface area contributed by atoms with E-state index in [1.807, 2.05) is 0 Å². The maximum Gasteiger partial charge on any atom is 0.291 e. The van der Waals surface area contributed by atoms with Gasteiger partial charge in [0, 0.05) is 24.5 Å². The van der Waals surface area contributed by atoms with Crippen LogP contribution >= 0.6 is 0 Å². The van der Waals surface area contributed by atoms with E-state index in [9.17, 15) is 22.4 Å². The van der Waals surface area contributed by atoms with Gasteiger partial charge in [0.25, 0.3) is 5.91 Å². The second-order valence-electron chi connectivity index (χ2n) is 7.66. The van der Waals surface area contributed by atoms with Crippen molar-refractivity contribution in [3.63, 3.8) is 0 Å². The zero-order chi connectivity index (χ0) is 23.4. The van der Waals surface area contributed by atoms with Crippen molar-refractivity contribution in [1.29, 1.82) is 0 Å². The van der Waals surface area contributed by atoms with Gasteiger partial charge in [0.05, 0.1) is 17.1 Å². The molecule has 0 saturated carbocycles. The van der Waals surface area contributed by atoms with E-state index in [2.05, 4.69) is 10.6 Å². The average molecular weight is 472 g/mol. The summed E-state index contributed by atoms with van der Waals surface area (Å²) in [5.41, 5.74) is 0.939. The number of carbonyl (C=O) groups is 2. The van der Waals surface area contributed by atoms with E-state index in [1.165, 1.54) is 28.8 Å². The summed E-state index contributed by atoms with van der Waals surface area (Å²) in [5.74, 6) is -1.64. The lowest BCUT2D eigenvalue weighted by Gasteiger charge is -2.31. The average Bonchev–Trinajstić information content (AvgIpc) is 3.35. The molecule has 10 heteroatoms. The van der Waals surface area contributed by atoms with Crippen molar-refractivity contribution in [3.8, 4) is 0 Å². The molecule has 4 rings (SSSR count). The Balaban J connectivity index is 1.41. The molecule has 2 aromatic carbocycles. The number of amides is 2. The van der Waals surface area contributed by atoms with E-state index in [0.717, 1.165) is 12.1 Å². The van der Waals surface area contributed by atoms with Crippen LogP contribution in [0.5, 0.6) is 0 Å². The second kappa shape index (κ2) is 9.55. The van der Waals surface area contributed by atoms with Gasteiger partial charge in [-0.1, -0.05) is 6.07 Å². The van der Waals surface area contributed by atoms with Crippen LogP contribution in [0.25, 0.3) is 0 Å². The molecule has 8 nitrogen and oxygen atoms in total. The number of rotatable bonds is 6. The molecule has 2 N–H and O–H groups in total. The molecule has 2 heterocycles. The van der Waals surface area contributed by atoms with Crippen molar-refractivity contribution in [3.05, 3.63) is 78.5 Å². The van der Waals surface area contributed by atoms with Gasteiger partial charge in [0.2, 0.25) is 15.9 Å². The van der Waals surface area contributed by atoms with Crippen molar-refractivity contribution >= 4 is 33.2 Å². The largest absolute Gasteiger partial charge is 0.459 e. The predicted octanol–water partition coefficient (Wildman–Crippen LogP) is 3.71. The normalized spacial score (nSPS) is 16.8. The number of piperidine rings is 1. The third-order valence-electron chi connectivity index (χ3n) is 5.34. The third-order valence-corrected chi connectivity index (χ3v) is 7.22. The van der Waals surface area contributed by atoms with Crippen LogP contribution < -0.4 is 10.6 Å². The third kappa shape index (κ3) is 5.29. The summed E-state index contributed by atoms with van der Waals surface area (Å²) in [5, 5.41) is 5.48. The number of furan rings is 1. The van der Waals surface area contributed by atoms with Crippen LogP contribution in [0.4, 0.5) is 15.8 Å². The smallest absolute Gasteiger partial charge is 0.291 e. The number of hydrogen-bond donors (Lipinski definition) is 2. The Morgan fingerprint density at radius 1 is 1.00 bits per heavy atom. The van der Waals surface area contributed by atoms with Crippen molar-refractivity contribution in [2.45, 2.75) is 17.7 Å². The van der Waals surface area contributed by atoms with Crippen LogP contribution in [0.15, 0.2) is 76.2 Å². The molecule has 3 aromatic rings. The molecule has 2 amide bonds. The maximum atomic E-state index is 13.2. The van der Waals surface area contributed by atoms with Gasteiger partial charge >= 0.3 is 0 Å². The first-order chi connectivity index (χ1) is 15.8. The van der Waals surface area contributed by atoms with Gasteiger partial charge in [-0.3, -0.25) is 9.59 Å². The number of carbonyl (C=O) groups excluding carboxylic acids is 2. The maximum absolute atomic E-state index is 13.2. The van der Waals surface area contributed by atoms with Gasteiger partial charge in [-0.25, -0.2) is 12.8 Å². The zero-order valence-electron chi connectivity index (χ0n) is 17.5. The number of anilines is 2. The molecule has 0 radical (unpaired) electrons. The minimum absolute atomic E-state index is 0.00930. The molecule has 1 aliphatic heterocycles. The molecule has 1 atom stereocenters. The number of nitrogens with one attached hydrogen (secondary N) is 2. The van der Waals surface area contributed by atoms with Crippen molar-refractivity contribution in [2.24, 2.45) is 5.92 Å². The fraction of sp³-hybridized carbons (Fsp3) is 0.217. The predicted molar refractivity (Wildman–Crippen MR) is 120 cm³/mol. The first kappa shape index (κ1) is 22.7. The second-order valence-corrected chi connectivity index (χ2v) is 9.60. The highest BCUT2D eigenvalue weighted by molar-refractivity contribution is 7.89. The Labute approximate surface area is 190 Å². The van der Waals surface area contributed by atoms with E-state index < -0.39 is 27.7 Å². The molecule has 33 heavy (non-hydrogen) atoms. The first-order valence-electron chi connectivity index (χ1n) is 10.3. The fourth-order valence-corrected chi connectivity index (χ4v) is 5.17. The topological polar surface area (TPSA) is 109 Å². The van der Waals surface area contributed by atoms with Crippen LogP contribution in [-0.2, 0) is 14.8 Å². The minimum atomic E-state index is -3.83. The lowest BCUT2D eigenvalue weighted by atomic mass is 9.98. The summed E-state index contributed by atoms with van der Waals surface area (Å²) >= 11 is 0. The Kier molecular flexibility index (Phi) is 6.57. The zero-order valence-corrected chi connectivity index (χ0v) is 18.3. The molecule has 1 unspecified atom stereocenters. The highest BCUT2D eigenvalue weighted by atomic mass is 32.2. The summed E-state index contributed by atoms with van der Waals surface area (Å²) in [6, 6.07) is 14.4. The molecule has 1 fully saturated rings. The molecule has 1 saturated heterocycles. The first-order valence-corrected chi connectivity index (χ1v) is 11.8. The van der Waals surface area contributed by atoms with E-state index in [4.69, 9.17) is 4.42 Å². The molecule has 0 spiro atoms. The van der Waals surface area contributed by atoms with E-state index >= 15 is 0 Å². The van der Waals surface area contributed by atoms with Crippen molar-refractivity contribution in [1.82, 2.24) is 4.31 Å². The van der Waals surface area contributed by atoms with Gasteiger partial charge in [0.1, 0.15) is 5.82 Å². The molecule has 1 aliphatic rings. The minimum Gasteiger partial charge on any atom is -0.459 e. The van der Waals surface area contributed by atoms with E-state index in [-0.39, 0.29) is 29.7 Å². The molecular weight excluding hydrogens is 449 g/mol. The fourth-order valence-electron chi connectivity index (χ4n) is 3.65. The van der Waals surface area contributed by atoms with Crippen LogP contribution in [0.2, 0.25) is 0 Å². The lowest BCUT2D eigenvalue weighted by Crippen LogP contribution is -2.43. The Hall–Kier alpha value is -3.50. The van der Waals surface area contributed by atoms with Crippen molar-refractivity contribution in [2.75, 3.05) is 23.7 Å². The van der Waals surface area contributed by atoms with Crippen LogP contribution in [0.1, 0.15) is 23.4 Å². The molecule has 1 aromatic heterocycles. The molecular formula is C23H22FN3O5S. The summed E-state index contributed by atoms with van der Waals surface area (Å²) in [7, 11) is -3.83. The standard InChI is InChI=1S/C23H22FN3O5S/c24-17-8-10-20(11-9-17)33(30,31)27-12-2-4-16(15-27)22(28)25-18-5-1-6-19(14-18)26-23(29)21-7-3-13-32-21/h1,3,5-11,13-14,16H,2,4,12,15H2,(H,25,28)(H,26,29). The molecule has 0 aliphatic carbocycles. The summed E-state index contributed by atoms with van der Waals surface area (Å²) in [6.45, 7) is 0.318. The number of nitrogens with zero attached hydrogens (tertiary/aromatic N) is 1. The van der Waals surface area contributed by atoms with E-state index in [1.54, 1.807) is 30.3 Å². The number of benzene rings is 2. The Bertz CT molecular complexity index is 1240. The lowest BCUT2D eigenvalue weighted by molar-refractivity contribution is -0.120. The van der Waals surface area contributed by atoms with Crippen LogP contribution in [0, 0.1) is 11.7 Å².